The molecule has 1 saturated carbocycles. The summed E-state index contributed by atoms with van der Waals surface area (Å²) in [4.78, 5) is 35.0. The summed E-state index contributed by atoms with van der Waals surface area (Å²) in [5, 5.41) is 9.00. The van der Waals surface area contributed by atoms with Crippen molar-refractivity contribution in [3.05, 3.63) is 35.9 Å². The maximum atomic E-state index is 12.1. The predicted octanol–water partition coefficient (Wildman–Crippen LogP) is 1.95. The van der Waals surface area contributed by atoms with Gasteiger partial charge in [-0.2, -0.15) is 0 Å². The Morgan fingerprint density at radius 2 is 1.68 bits per heavy atom. The fourth-order valence-electron chi connectivity index (χ4n) is 2.98. The Hall–Kier alpha value is -2.41. The molecule has 0 saturated heterocycles. The first-order chi connectivity index (χ1) is 11.9. The van der Waals surface area contributed by atoms with Crippen molar-refractivity contribution in [2.45, 2.75) is 44.9 Å². The van der Waals surface area contributed by atoms with Gasteiger partial charge in [-0.3, -0.25) is 9.59 Å². The molecule has 2 atom stereocenters. The molecule has 25 heavy (non-hydrogen) atoms. The van der Waals surface area contributed by atoms with Crippen molar-refractivity contribution in [2.24, 2.45) is 17.6 Å². The van der Waals surface area contributed by atoms with Crippen LogP contribution in [0.1, 0.15) is 43.0 Å². The Kier molecular flexibility index (Phi) is 6.52. The second kappa shape index (κ2) is 8.62. The van der Waals surface area contributed by atoms with Gasteiger partial charge in [0.05, 0.1) is 11.5 Å². The minimum absolute atomic E-state index is 0.125. The average molecular weight is 349 g/mol. The number of carbonyl (C=O) groups excluding carboxylic acids is 2. The quantitative estimate of drug-likeness (QED) is 0.595. The molecular formula is C18H23NO6. The standard InChI is InChI=1S/C18H23NO6/c1-11(24-17(22)14-5-3-2-4-6-14)25-18(23)15(19)12-7-9-13(10-8-12)16(20)21/h2-6,11-13,15H,7-10,19H2,1H3,(H,20,21)/t11?,12-,13-,15?. The Labute approximate surface area is 146 Å². The van der Waals surface area contributed by atoms with Crippen molar-refractivity contribution in [3.8, 4) is 0 Å². The number of carboxylic acid groups (broad SMARTS) is 1. The van der Waals surface area contributed by atoms with Crippen LogP contribution in [0.2, 0.25) is 0 Å². The number of aliphatic carboxylic acids is 1. The van der Waals surface area contributed by atoms with Crippen LogP contribution in [-0.2, 0) is 19.1 Å². The minimum atomic E-state index is -1.05. The van der Waals surface area contributed by atoms with Gasteiger partial charge in [-0.05, 0) is 43.7 Å². The van der Waals surface area contributed by atoms with Crippen LogP contribution in [0.25, 0.3) is 0 Å². The zero-order chi connectivity index (χ0) is 18.4. The smallest absolute Gasteiger partial charge is 0.341 e. The van der Waals surface area contributed by atoms with Gasteiger partial charge in [-0.25, -0.2) is 4.79 Å². The molecule has 0 amide bonds. The third-order valence-corrected chi connectivity index (χ3v) is 4.47. The SMILES string of the molecule is CC(OC(=O)c1ccccc1)OC(=O)C(N)[C@H]1CC[C@H](C(=O)O)CC1. The van der Waals surface area contributed by atoms with Gasteiger partial charge in [0.15, 0.2) is 0 Å². The van der Waals surface area contributed by atoms with Gasteiger partial charge >= 0.3 is 17.9 Å². The largest absolute Gasteiger partial charge is 0.481 e. The molecule has 1 aromatic carbocycles. The number of benzene rings is 1. The lowest BCUT2D eigenvalue weighted by atomic mass is 9.79. The highest BCUT2D eigenvalue weighted by atomic mass is 16.7. The van der Waals surface area contributed by atoms with E-state index >= 15 is 0 Å². The Morgan fingerprint density at radius 3 is 2.24 bits per heavy atom. The molecule has 0 radical (unpaired) electrons. The summed E-state index contributed by atoms with van der Waals surface area (Å²) in [6.07, 6.45) is 1.07. The normalized spacial score (nSPS) is 22.5. The van der Waals surface area contributed by atoms with E-state index in [0.717, 1.165) is 0 Å². The van der Waals surface area contributed by atoms with E-state index in [0.29, 0.717) is 31.2 Å². The van der Waals surface area contributed by atoms with E-state index in [1.807, 2.05) is 0 Å². The van der Waals surface area contributed by atoms with Crippen molar-refractivity contribution in [1.29, 1.82) is 0 Å². The number of carboxylic acids is 1. The molecule has 0 spiro atoms. The number of carbonyl (C=O) groups is 3. The maximum Gasteiger partial charge on any atom is 0.341 e. The molecule has 0 aliphatic heterocycles. The van der Waals surface area contributed by atoms with Gasteiger partial charge < -0.3 is 20.3 Å². The van der Waals surface area contributed by atoms with Crippen molar-refractivity contribution >= 4 is 17.9 Å². The number of hydrogen-bond donors (Lipinski definition) is 2. The first-order valence-corrected chi connectivity index (χ1v) is 8.33. The van der Waals surface area contributed by atoms with E-state index in [2.05, 4.69) is 0 Å². The third-order valence-electron chi connectivity index (χ3n) is 4.47. The number of ether oxygens (including phenoxy) is 2. The molecule has 1 aromatic rings. The van der Waals surface area contributed by atoms with Gasteiger partial charge in [-0.15, -0.1) is 0 Å². The molecule has 1 fully saturated rings. The molecule has 0 bridgehead atoms. The van der Waals surface area contributed by atoms with Crippen LogP contribution in [0.3, 0.4) is 0 Å². The fraction of sp³-hybridized carbons (Fsp3) is 0.500. The molecule has 2 rings (SSSR count). The predicted molar refractivity (Wildman–Crippen MR) is 88.5 cm³/mol. The number of nitrogens with two attached hydrogens (primary N) is 1. The van der Waals surface area contributed by atoms with Gasteiger partial charge in [0.2, 0.25) is 6.29 Å². The second-order valence-corrected chi connectivity index (χ2v) is 6.25. The highest BCUT2D eigenvalue weighted by Crippen LogP contribution is 2.30. The van der Waals surface area contributed by atoms with E-state index < -0.39 is 30.2 Å². The van der Waals surface area contributed by atoms with Crippen LogP contribution in [0.15, 0.2) is 30.3 Å². The highest BCUT2D eigenvalue weighted by Gasteiger charge is 2.33. The van der Waals surface area contributed by atoms with Gasteiger partial charge in [0.25, 0.3) is 0 Å². The molecule has 7 nitrogen and oxygen atoms in total. The van der Waals surface area contributed by atoms with E-state index in [9.17, 15) is 14.4 Å². The summed E-state index contributed by atoms with van der Waals surface area (Å²) in [5.74, 6) is -2.54. The van der Waals surface area contributed by atoms with Gasteiger partial charge in [0, 0.05) is 6.92 Å². The zero-order valence-electron chi connectivity index (χ0n) is 14.1. The first kappa shape index (κ1) is 18.9. The lowest BCUT2D eigenvalue weighted by molar-refractivity contribution is -0.168. The van der Waals surface area contributed by atoms with E-state index in [4.69, 9.17) is 20.3 Å². The topological polar surface area (TPSA) is 116 Å². The van der Waals surface area contributed by atoms with Crippen LogP contribution >= 0.6 is 0 Å². The van der Waals surface area contributed by atoms with Crippen LogP contribution in [0.5, 0.6) is 0 Å². The Morgan fingerprint density at radius 1 is 1.08 bits per heavy atom. The van der Waals surface area contributed by atoms with E-state index in [-0.39, 0.29) is 11.8 Å². The molecule has 136 valence electrons. The fourth-order valence-corrected chi connectivity index (χ4v) is 2.98. The first-order valence-electron chi connectivity index (χ1n) is 8.33. The number of rotatable bonds is 6. The van der Waals surface area contributed by atoms with E-state index in [1.165, 1.54) is 6.92 Å². The molecule has 1 aliphatic rings. The van der Waals surface area contributed by atoms with Crippen LogP contribution in [-0.4, -0.2) is 35.3 Å². The van der Waals surface area contributed by atoms with E-state index in [1.54, 1.807) is 30.3 Å². The van der Waals surface area contributed by atoms with Crippen LogP contribution < -0.4 is 5.73 Å². The highest BCUT2D eigenvalue weighted by molar-refractivity contribution is 5.89. The Balaban J connectivity index is 1.80. The molecule has 1 aliphatic carbocycles. The number of esters is 2. The van der Waals surface area contributed by atoms with Gasteiger partial charge in [0.1, 0.15) is 6.04 Å². The lowest BCUT2D eigenvalue weighted by Crippen LogP contribution is -2.43. The Bertz CT molecular complexity index is 609. The van der Waals surface area contributed by atoms with Crippen molar-refractivity contribution in [3.63, 3.8) is 0 Å². The molecule has 0 heterocycles. The van der Waals surface area contributed by atoms with Crippen molar-refractivity contribution < 1.29 is 29.0 Å². The summed E-state index contributed by atoms with van der Waals surface area (Å²) >= 11 is 0. The van der Waals surface area contributed by atoms with Crippen LogP contribution in [0, 0.1) is 11.8 Å². The second-order valence-electron chi connectivity index (χ2n) is 6.25. The average Bonchev–Trinajstić information content (AvgIpc) is 2.61. The summed E-state index contributed by atoms with van der Waals surface area (Å²) in [7, 11) is 0. The maximum absolute atomic E-state index is 12.1. The van der Waals surface area contributed by atoms with Gasteiger partial charge in [-0.1, -0.05) is 18.2 Å². The van der Waals surface area contributed by atoms with Crippen LogP contribution in [0.4, 0.5) is 0 Å². The molecule has 7 heteroatoms. The minimum Gasteiger partial charge on any atom is -0.481 e. The molecular weight excluding hydrogens is 326 g/mol. The summed E-state index contributed by atoms with van der Waals surface area (Å²) in [5.41, 5.74) is 6.30. The summed E-state index contributed by atoms with van der Waals surface area (Å²) < 4.78 is 10.2. The zero-order valence-corrected chi connectivity index (χ0v) is 14.1. The molecule has 2 unspecified atom stereocenters. The summed E-state index contributed by atoms with van der Waals surface area (Å²) in [6, 6.07) is 7.53. The summed E-state index contributed by atoms with van der Waals surface area (Å²) in [6.45, 7) is 1.45. The molecule has 0 aromatic heterocycles. The lowest BCUT2D eigenvalue weighted by Gasteiger charge is -2.29. The van der Waals surface area contributed by atoms with Crippen molar-refractivity contribution in [2.75, 3.05) is 0 Å². The number of hydrogen-bond acceptors (Lipinski definition) is 6. The van der Waals surface area contributed by atoms with Crippen molar-refractivity contribution in [1.82, 2.24) is 0 Å². The third kappa shape index (κ3) is 5.29. The molecule has 3 N–H and O–H groups in total. The monoisotopic (exact) mass is 349 g/mol.